The van der Waals surface area contributed by atoms with Gasteiger partial charge in [0.1, 0.15) is 18.2 Å². The van der Waals surface area contributed by atoms with Crippen molar-refractivity contribution in [3.05, 3.63) is 88.7 Å². The van der Waals surface area contributed by atoms with Crippen LogP contribution in [0.5, 0.6) is 5.75 Å². The Morgan fingerprint density at radius 2 is 2.06 bits per heavy atom. The molecular formula is C22H19BF3N3O3. The lowest BCUT2D eigenvalue weighted by Gasteiger charge is -2.29. The normalized spacial score (nSPS) is 15.9. The van der Waals surface area contributed by atoms with Crippen LogP contribution >= 0.6 is 0 Å². The Bertz CT molecular complexity index is 1140. The molecule has 0 bridgehead atoms. The van der Waals surface area contributed by atoms with Gasteiger partial charge < -0.3 is 20.1 Å². The quantitative estimate of drug-likeness (QED) is 0.321. The molecule has 1 atom stereocenters. The second-order valence-corrected chi connectivity index (χ2v) is 7.41. The number of hydrogen-bond acceptors (Lipinski definition) is 5. The van der Waals surface area contributed by atoms with Crippen molar-refractivity contribution < 1.29 is 27.6 Å². The Morgan fingerprint density at radius 1 is 1.25 bits per heavy atom. The summed E-state index contributed by atoms with van der Waals surface area (Å²) in [6.07, 6.45) is -1.55. The molecule has 2 aromatic carbocycles. The predicted molar refractivity (Wildman–Crippen MR) is 113 cm³/mol. The van der Waals surface area contributed by atoms with E-state index in [1.165, 1.54) is 6.07 Å². The number of rotatable bonds is 5. The molecule has 0 spiro atoms. The molecule has 4 rings (SSSR count). The van der Waals surface area contributed by atoms with Crippen molar-refractivity contribution in [1.82, 2.24) is 4.98 Å². The smallest absolute Gasteiger partial charge is 0.488 e. The van der Waals surface area contributed by atoms with Crippen molar-refractivity contribution in [3.8, 4) is 5.75 Å². The van der Waals surface area contributed by atoms with Crippen LogP contribution in [0.25, 0.3) is 0 Å². The molecular weight excluding hydrogens is 422 g/mol. The summed E-state index contributed by atoms with van der Waals surface area (Å²) in [7, 11) is -1.50. The molecule has 0 fully saturated rings. The number of aromatic nitrogens is 1. The van der Waals surface area contributed by atoms with Crippen LogP contribution in [0, 0.1) is 5.41 Å². The van der Waals surface area contributed by atoms with E-state index < -0.39 is 25.0 Å². The summed E-state index contributed by atoms with van der Waals surface area (Å²) in [6, 6.07) is 11.9. The first-order valence-corrected chi connectivity index (χ1v) is 9.76. The first-order chi connectivity index (χ1) is 15.2. The molecule has 1 aromatic heterocycles. The predicted octanol–water partition coefficient (Wildman–Crippen LogP) is 2.96. The van der Waals surface area contributed by atoms with Gasteiger partial charge in [-0.1, -0.05) is 18.2 Å². The minimum atomic E-state index is -4.51. The Kier molecular flexibility index (Phi) is 5.90. The minimum Gasteiger partial charge on any atom is -0.488 e. The van der Waals surface area contributed by atoms with Crippen LogP contribution in [0.1, 0.15) is 33.9 Å². The van der Waals surface area contributed by atoms with E-state index in [4.69, 9.17) is 20.5 Å². The first kappa shape index (κ1) is 21.9. The second-order valence-electron chi connectivity index (χ2n) is 7.41. The maximum atomic E-state index is 13.0. The Balaban J connectivity index is 1.60. The highest BCUT2D eigenvalue weighted by Crippen LogP contribution is 2.33. The average Bonchev–Trinajstić information content (AvgIpc) is 2.77. The zero-order valence-corrected chi connectivity index (χ0v) is 16.8. The highest BCUT2D eigenvalue weighted by Gasteiger charge is 2.36. The third kappa shape index (κ3) is 4.61. The van der Waals surface area contributed by atoms with Gasteiger partial charge in [-0.05, 0) is 46.9 Å². The lowest BCUT2D eigenvalue weighted by Crippen LogP contribution is -2.43. The highest BCUT2D eigenvalue weighted by molar-refractivity contribution is 6.61. The largest absolute Gasteiger partial charge is 0.491 e. The molecule has 0 aliphatic carbocycles. The molecule has 0 radical (unpaired) electrons. The SMILES string of the molecule is N=C(N)c1ccc([C@H]2Cc3ccc(C(F)(F)F)cc3B(O)O2)cc1OCc1cccnc1. The molecule has 0 saturated heterocycles. The lowest BCUT2D eigenvalue weighted by molar-refractivity contribution is -0.137. The fraction of sp³-hybridized carbons (Fsp3) is 0.182. The van der Waals surface area contributed by atoms with Gasteiger partial charge in [-0.25, -0.2) is 0 Å². The molecule has 4 N–H and O–H groups in total. The topological polar surface area (TPSA) is 101 Å². The van der Waals surface area contributed by atoms with E-state index in [-0.39, 0.29) is 24.3 Å². The summed E-state index contributed by atoms with van der Waals surface area (Å²) in [5.74, 6) is 0.183. The van der Waals surface area contributed by atoms with Crippen molar-refractivity contribution in [3.63, 3.8) is 0 Å². The van der Waals surface area contributed by atoms with Crippen LogP contribution < -0.4 is 15.9 Å². The zero-order valence-electron chi connectivity index (χ0n) is 16.8. The maximum absolute atomic E-state index is 13.0. The number of nitrogen functional groups attached to an aromatic ring is 1. The van der Waals surface area contributed by atoms with Gasteiger partial charge in [-0.2, -0.15) is 13.2 Å². The minimum absolute atomic E-state index is 0.101. The highest BCUT2D eigenvalue weighted by atomic mass is 19.4. The van der Waals surface area contributed by atoms with Crippen LogP contribution in [-0.2, 0) is 23.9 Å². The van der Waals surface area contributed by atoms with Gasteiger partial charge in [0, 0.05) is 24.4 Å². The summed E-state index contributed by atoms with van der Waals surface area (Å²) in [5.41, 5.74) is 7.36. The van der Waals surface area contributed by atoms with Gasteiger partial charge in [0.25, 0.3) is 0 Å². The number of nitrogens with one attached hydrogen (secondary N) is 1. The van der Waals surface area contributed by atoms with Crippen molar-refractivity contribution in [2.45, 2.75) is 25.3 Å². The molecule has 0 amide bonds. The monoisotopic (exact) mass is 441 g/mol. The van der Waals surface area contributed by atoms with Crippen molar-refractivity contribution in [2.24, 2.45) is 5.73 Å². The number of amidine groups is 1. The van der Waals surface area contributed by atoms with E-state index in [1.807, 2.05) is 6.07 Å². The van der Waals surface area contributed by atoms with Gasteiger partial charge in [0.05, 0.1) is 17.2 Å². The molecule has 10 heteroatoms. The third-order valence-electron chi connectivity index (χ3n) is 5.22. The molecule has 2 heterocycles. The number of hydrogen-bond donors (Lipinski definition) is 3. The second kappa shape index (κ2) is 8.64. The van der Waals surface area contributed by atoms with E-state index in [1.54, 1.807) is 36.7 Å². The summed E-state index contributed by atoms with van der Waals surface area (Å²) < 4.78 is 50.5. The van der Waals surface area contributed by atoms with Gasteiger partial charge >= 0.3 is 13.3 Å². The fourth-order valence-corrected chi connectivity index (χ4v) is 3.59. The van der Waals surface area contributed by atoms with Crippen molar-refractivity contribution in [1.29, 1.82) is 5.41 Å². The van der Waals surface area contributed by atoms with Crippen LogP contribution in [0.4, 0.5) is 13.2 Å². The van der Waals surface area contributed by atoms with E-state index in [9.17, 15) is 18.2 Å². The molecule has 0 unspecified atom stereocenters. The number of fused-ring (bicyclic) bond motifs is 1. The summed E-state index contributed by atoms with van der Waals surface area (Å²) in [5, 5.41) is 18.2. The first-order valence-electron chi connectivity index (χ1n) is 9.76. The number of nitrogens with zero attached hydrogens (tertiary/aromatic N) is 1. The number of pyridine rings is 1. The zero-order chi connectivity index (χ0) is 22.9. The fourth-order valence-electron chi connectivity index (χ4n) is 3.59. The van der Waals surface area contributed by atoms with Crippen molar-refractivity contribution >= 4 is 18.4 Å². The number of ether oxygens (including phenoxy) is 1. The maximum Gasteiger partial charge on any atom is 0.491 e. The molecule has 1 aliphatic rings. The van der Waals surface area contributed by atoms with Gasteiger partial charge in [0.15, 0.2) is 0 Å². The Labute approximate surface area is 182 Å². The Morgan fingerprint density at radius 3 is 2.75 bits per heavy atom. The van der Waals surface area contributed by atoms with E-state index >= 15 is 0 Å². The number of halogens is 3. The van der Waals surface area contributed by atoms with Crippen LogP contribution in [0.2, 0.25) is 0 Å². The molecule has 32 heavy (non-hydrogen) atoms. The van der Waals surface area contributed by atoms with E-state index in [0.717, 1.165) is 17.7 Å². The summed E-state index contributed by atoms with van der Waals surface area (Å²) >= 11 is 0. The van der Waals surface area contributed by atoms with Gasteiger partial charge in [0.2, 0.25) is 0 Å². The van der Waals surface area contributed by atoms with E-state index in [0.29, 0.717) is 22.4 Å². The van der Waals surface area contributed by atoms with Crippen LogP contribution in [0.3, 0.4) is 0 Å². The number of alkyl halides is 3. The van der Waals surface area contributed by atoms with Crippen LogP contribution in [0.15, 0.2) is 60.9 Å². The van der Waals surface area contributed by atoms with Gasteiger partial charge in [-0.3, -0.25) is 10.4 Å². The average molecular weight is 441 g/mol. The summed E-state index contributed by atoms with van der Waals surface area (Å²) in [6.45, 7) is 0.203. The number of benzene rings is 2. The lowest BCUT2D eigenvalue weighted by atomic mass is 9.71. The molecule has 0 saturated carbocycles. The third-order valence-corrected chi connectivity index (χ3v) is 5.22. The van der Waals surface area contributed by atoms with E-state index in [2.05, 4.69) is 4.98 Å². The standard InChI is InChI=1S/C22H19BF3N3O3/c24-22(25,26)16-5-3-14-8-19(32-23(30)18(14)10-16)15-4-6-17(21(27)28)20(9-15)31-12-13-2-1-7-29-11-13/h1-7,9-11,19,30H,8,12H2,(H3,27,28)/t19-/m1/s1. The summed E-state index contributed by atoms with van der Waals surface area (Å²) in [4.78, 5) is 4.03. The van der Waals surface area contributed by atoms with Crippen molar-refractivity contribution in [2.75, 3.05) is 0 Å². The van der Waals surface area contributed by atoms with Crippen LogP contribution in [-0.4, -0.2) is 23.0 Å². The molecule has 164 valence electrons. The molecule has 6 nitrogen and oxygen atoms in total. The molecule has 1 aliphatic heterocycles. The van der Waals surface area contributed by atoms with Gasteiger partial charge in [-0.15, -0.1) is 0 Å². The number of nitrogens with two attached hydrogens (primary N) is 1. The Hall–Kier alpha value is -3.37. The molecule has 3 aromatic rings.